The third-order valence-electron chi connectivity index (χ3n) is 4.43. The molecule has 1 aromatic carbocycles. The second kappa shape index (κ2) is 11.3. The smallest absolute Gasteiger partial charge is 0.294 e. The van der Waals surface area contributed by atoms with Gasteiger partial charge < -0.3 is 21.3 Å². The normalized spacial score (nSPS) is 20.5. The predicted octanol–water partition coefficient (Wildman–Crippen LogP) is 0.149. The number of nitrogen functional groups attached to an aromatic ring is 1. The zero-order valence-corrected chi connectivity index (χ0v) is 16.0. The number of benzene rings is 1. The average molecular weight is 401 g/mol. The van der Waals surface area contributed by atoms with Gasteiger partial charge in [0.2, 0.25) is 0 Å². The molecule has 0 bridgehead atoms. The highest BCUT2D eigenvalue weighted by atomic mass is 32.2. The van der Waals surface area contributed by atoms with E-state index < -0.39 is 4.92 Å². The number of hydrogen-bond donors (Lipinski definition) is 6. The van der Waals surface area contributed by atoms with Crippen LogP contribution in [-0.2, 0) is 0 Å². The summed E-state index contributed by atoms with van der Waals surface area (Å²) >= 11 is 1.37. The summed E-state index contributed by atoms with van der Waals surface area (Å²) in [7, 11) is 0. The maximum Gasteiger partial charge on any atom is 0.294 e. The first kappa shape index (κ1) is 21.7. The Morgan fingerprint density at radius 1 is 1.33 bits per heavy atom. The molecule has 1 aromatic rings. The maximum atomic E-state index is 11.0. The topological polar surface area (TPSA) is 149 Å². The van der Waals surface area contributed by atoms with Crippen molar-refractivity contribution in [1.29, 1.82) is 0 Å². The van der Waals surface area contributed by atoms with Crippen molar-refractivity contribution < 1.29 is 15.1 Å². The van der Waals surface area contributed by atoms with Crippen LogP contribution < -0.4 is 20.5 Å². The molecule has 0 aliphatic carbocycles. The van der Waals surface area contributed by atoms with Crippen molar-refractivity contribution in [2.24, 2.45) is 0 Å². The molecule has 1 aliphatic rings. The van der Waals surface area contributed by atoms with Crippen LogP contribution in [0.25, 0.3) is 0 Å². The summed E-state index contributed by atoms with van der Waals surface area (Å²) in [5.41, 5.74) is 6.34. The van der Waals surface area contributed by atoms with Crippen LogP contribution >= 0.6 is 12.1 Å². The van der Waals surface area contributed by atoms with Gasteiger partial charge in [-0.25, -0.2) is 9.44 Å². The van der Waals surface area contributed by atoms with Gasteiger partial charge in [0.15, 0.2) is 0 Å². The fourth-order valence-corrected chi connectivity index (χ4v) is 3.50. The van der Waals surface area contributed by atoms with E-state index in [1.807, 2.05) is 0 Å². The van der Waals surface area contributed by atoms with Crippen LogP contribution in [0.15, 0.2) is 18.2 Å². The minimum absolute atomic E-state index is 0.0217. The van der Waals surface area contributed by atoms with E-state index in [4.69, 9.17) is 5.73 Å². The van der Waals surface area contributed by atoms with Crippen LogP contribution in [0.3, 0.4) is 0 Å². The first-order valence-electron chi connectivity index (χ1n) is 8.93. The molecule has 11 heteroatoms. The second-order valence-corrected chi connectivity index (χ2v) is 7.18. The fraction of sp³-hybridized carbons (Fsp3) is 0.625. The lowest BCUT2D eigenvalue weighted by atomic mass is 10.0. The lowest BCUT2D eigenvalue weighted by Gasteiger charge is -2.36. The molecule has 1 heterocycles. The summed E-state index contributed by atoms with van der Waals surface area (Å²) in [6.45, 7) is 3.51. The fourth-order valence-electron chi connectivity index (χ4n) is 3.00. The van der Waals surface area contributed by atoms with Crippen molar-refractivity contribution >= 4 is 29.2 Å². The van der Waals surface area contributed by atoms with Crippen LogP contribution in [0.1, 0.15) is 12.8 Å². The highest BCUT2D eigenvalue weighted by Gasteiger charge is 2.26. The van der Waals surface area contributed by atoms with Gasteiger partial charge in [0.25, 0.3) is 5.69 Å². The van der Waals surface area contributed by atoms with E-state index in [0.29, 0.717) is 30.9 Å². The summed E-state index contributed by atoms with van der Waals surface area (Å²) in [5.74, 6) is 0. The van der Waals surface area contributed by atoms with E-state index in [2.05, 4.69) is 19.7 Å². The molecule has 0 spiro atoms. The molecule has 2 rings (SSSR count). The van der Waals surface area contributed by atoms with Gasteiger partial charge in [-0.3, -0.25) is 15.0 Å². The largest absolute Gasteiger partial charge is 0.399 e. The van der Waals surface area contributed by atoms with Gasteiger partial charge in [-0.05, 0) is 25.0 Å². The molecule has 1 fully saturated rings. The van der Waals surface area contributed by atoms with Gasteiger partial charge in [-0.1, -0.05) is 0 Å². The number of anilines is 2. The Hall–Kier alpha value is -1.63. The van der Waals surface area contributed by atoms with E-state index in [1.54, 1.807) is 12.1 Å². The predicted molar refractivity (Wildman–Crippen MR) is 107 cm³/mol. The molecule has 10 nitrogen and oxygen atoms in total. The number of hydrogen-bond acceptors (Lipinski definition) is 10. The Balaban J connectivity index is 1.57. The average Bonchev–Trinajstić information content (AvgIpc) is 2.65. The van der Waals surface area contributed by atoms with Crippen molar-refractivity contribution in [1.82, 2.24) is 14.3 Å². The number of nitro groups is 1. The third-order valence-corrected chi connectivity index (χ3v) is 5.12. The van der Waals surface area contributed by atoms with Gasteiger partial charge in [0.1, 0.15) is 5.69 Å². The molecular formula is C16H28N6O4S. The summed E-state index contributed by atoms with van der Waals surface area (Å²) in [6, 6.07) is 4.59. The Labute approximate surface area is 162 Å². The number of rotatable bonds is 11. The number of nitro benzene ring substituents is 1. The van der Waals surface area contributed by atoms with Crippen LogP contribution in [0.4, 0.5) is 17.1 Å². The first-order valence-corrected chi connectivity index (χ1v) is 9.75. The highest BCUT2D eigenvalue weighted by Crippen LogP contribution is 2.26. The summed E-state index contributed by atoms with van der Waals surface area (Å²) < 4.78 is 6.32. The molecule has 0 amide bonds. The lowest BCUT2D eigenvalue weighted by molar-refractivity contribution is -0.383. The molecule has 1 aliphatic heterocycles. The van der Waals surface area contributed by atoms with Gasteiger partial charge in [-0.2, -0.15) is 0 Å². The van der Waals surface area contributed by atoms with E-state index in [0.717, 1.165) is 26.1 Å². The first-order chi connectivity index (χ1) is 13.0. The maximum absolute atomic E-state index is 11.0. The number of nitrogens with one attached hydrogen (secondary N) is 3. The van der Waals surface area contributed by atoms with E-state index in [1.165, 1.54) is 18.2 Å². The van der Waals surface area contributed by atoms with E-state index in [9.17, 15) is 20.3 Å². The van der Waals surface area contributed by atoms with Crippen molar-refractivity contribution in [3.05, 3.63) is 28.3 Å². The van der Waals surface area contributed by atoms with Crippen LogP contribution in [0.2, 0.25) is 0 Å². The number of nitrogens with zero attached hydrogens (tertiary/aromatic N) is 2. The third kappa shape index (κ3) is 7.13. The van der Waals surface area contributed by atoms with Crippen LogP contribution in [0, 0.1) is 10.1 Å². The molecule has 0 saturated carbocycles. The summed E-state index contributed by atoms with van der Waals surface area (Å²) in [6.07, 6.45) is 1.04. The van der Waals surface area contributed by atoms with Gasteiger partial charge in [0, 0.05) is 62.7 Å². The molecule has 0 aromatic heterocycles. The van der Waals surface area contributed by atoms with Crippen LogP contribution in [-0.4, -0.2) is 71.5 Å². The van der Waals surface area contributed by atoms with Crippen molar-refractivity contribution in [3.8, 4) is 0 Å². The van der Waals surface area contributed by atoms with Crippen molar-refractivity contribution in [2.75, 3.05) is 50.4 Å². The number of aliphatic hydroxyl groups is 2. The lowest BCUT2D eigenvalue weighted by Crippen LogP contribution is -2.48. The standard InChI is InChI=1S/C16H28N6O4S/c17-12-1-2-15(16(9-12)22(25)26)18-4-5-19-27-20-6-8-21-7-3-14(24)10-13(21)11-23/h1-2,9,13-14,18-20,23-24H,3-8,10-11,17H2. The number of piperidine rings is 1. The SMILES string of the molecule is Nc1ccc(NCCNSNCCN2CCC(O)CC2CO)c([N+](=O)[O-])c1. The molecule has 152 valence electrons. The molecule has 1 saturated heterocycles. The summed E-state index contributed by atoms with van der Waals surface area (Å²) in [4.78, 5) is 12.7. The minimum atomic E-state index is -0.457. The molecule has 2 unspecified atom stereocenters. The Bertz CT molecular complexity index is 608. The molecule has 7 N–H and O–H groups in total. The molecule has 0 radical (unpaired) electrons. The van der Waals surface area contributed by atoms with Crippen LogP contribution in [0.5, 0.6) is 0 Å². The quantitative estimate of drug-likeness (QED) is 0.0996. The summed E-state index contributed by atoms with van der Waals surface area (Å²) in [5, 5.41) is 33.1. The van der Waals surface area contributed by atoms with E-state index in [-0.39, 0.29) is 24.4 Å². The number of nitrogens with two attached hydrogens (primary N) is 1. The Kier molecular flexibility index (Phi) is 9.04. The molecule has 27 heavy (non-hydrogen) atoms. The van der Waals surface area contributed by atoms with E-state index >= 15 is 0 Å². The van der Waals surface area contributed by atoms with Gasteiger partial charge in [0.05, 0.1) is 17.6 Å². The zero-order valence-electron chi connectivity index (χ0n) is 15.1. The number of aliphatic hydroxyl groups excluding tert-OH is 2. The van der Waals surface area contributed by atoms with Gasteiger partial charge in [-0.15, -0.1) is 0 Å². The zero-order chi connectivity index (χ0) is 19.6. The van der Waals surface area contributed by atoms with Gasteiger partial charge >= 0.3 is 0 Å². The van der Waals surface area contributed by atoms with Crippen molar-refractivity contribution in [2.45, 2.75) is 25.0 Å². The minimum Gasteiger partial charge on any atom is -0.399 e. The molecule has 2 atom stereocenters. The molecular weight excluding hydrogens is 372 g/mol. The Morgan fingerprint density at radius 2 is 2.11 bits per heavy atom. The second-order valence-electron chi connectivity index (χ2n) is 6.40. The monoisotopic (exact) mass is 400 g/mol. The number of likely N-dealkylation sites (tertiary alicyclic amines) is 1. The highest BCUT2D eigenvalue weighted by molar-refractivity contribution is 7.95. The van der Waals surface area contributed by atoms with Crippen molar-refractivity contribution in [3.63, 3.8) is 0 Å². The Morgan fingerprint density at radius 3 is 2.85 bits per heavy atom.